The molecule has 0 aliphatic carbocycles. The summed E-state index contributed by atoms with van der Waals surface area (Å²) in [7, 11) is 0. The molecule has 1 aromatic heterocycles. The second-order valence-electron chi connectivity index (χ2n) is 6.41. The van der Waals surface area contributed by atoms with Crippen LogP contribution >= 0.6 is 0 Å². The van der Waals surface area contributed by atoms with E-state index >= 15 is 0 Å². The van der Waals surface area contributed by atoms with Crippen LogP contribution in [-0.4, -0.2) is 42.6 Å². The van der Waals surface area contributed by atoms with Gasteiger partial charge in [0, 0.05) is 42.7 Å². The molecular weight excluding hydrogens is 308 g/mol. The number of nitrogens with one attached hydrogen (secondary N) is 2. The van der Waals surface area contributed by atoms with Gasteiger partial charge in [-0.3, -0.25) is 14.9 Å². The van der Waals surface area contributed by atoms with Crippen LogP contribution in [0.4, 0.5) is 5.69 Å². The molecule has 2 aromatic rings. The standard InChI is InChI=1S/C17H20N4O3/c1-2-18-10-8-21(9-10)11-3-4-12-14(7-11)24-20-16(12)13-5-6-15(22)19-17(13)23/h3-4,7,10,13,18H,2,5-6,8-9H2,1H3,(H,19,22,23). The number of rotatable bonds is 4. The molecule has 1 unspecified atom stereocenters. The largest absolute Gasteiger partial charge is 0.368 e. The van der Waals surface area contributed by atoms with Gasteiger partial charge in [0.2, 0.25) is 11.8 Å². The fourth-order valence-corrected chi connectivity index (χ4v) is 3.46. The van der Waals surface area contributed by atoms with Crippen molar-refractivity contribution in [2.75, 3.05) is 24.5 Å². The number of fused-ring (bicyclic) bond motifs is 1. The Hall–Kier alpha value is -2.41. The van der Waals surface area contributed by atoms with Gasteiger partial charge in [0.25, 0.3) is 0 Å². The van der Waals surface area contributed by atoms with Crippen LogP contribution in [0.2, 0.25) is 0 Å². The van der Waals surface area contributed by atoms with E-state index in [1.165, 1.54) is 0 Å². The molecular formula is C17H20N4O3. The Labute approximate surface area is 139 Å². The van der Waals surface area contributed by atoms with E-state index in [2.05, 4.69) is 27.6 Å². The lowest BCUT2D eigenvalue weighted by atomic mass is 9.92. The lowest BCUT2D eigenvalue weighted by Crippen LogP contribution is -2.58. The molecule has 0 radical (unpaired) electrons. The number of anilines is 1. The maximum absolute atomic E-state index is 12.0. The summed E-state index contributed by atoms with van der Waals surface area (Å²) in [6, 6.07) is 6.51. The molecule has 1 atom stereocenters. The Balaban J connectivity index is 1.55. The van der Waals surface area contributed by atoms with Gasteiger partial charge in [0.05, 0.1) is 5.92 Å². The molecule has 0 bridgehead atoms. The van der Waals surface area contributed by atoms with Gasteiger partial charge < -0.3 is 14.7 Å². The van der Waals surface area contributed by atoms with Gasteiger partial charge >= 0.3 is 0 Å². The van der Waals surface area contributed by atoms with Crippen LogP contribution in [0.25, 0.3) is 11.0 Å². The molecule has 2 aliphatic rings. The van der Waals surface area contributed by atoms with Crippen molar-refractivity contribution >= 4 is 28.5 Å². The minimum Gasteiger partial charge on any atom is -0.368 e. The van der Waals surface area contributed by atoms with Crippen LogP contribution < -0.4 is 15.5 Å². The van der Waals surface area contributed by atoms with Gasteiger partial charge in [-0.05, 0) is 25.1 Å². The number of carbonyl (C=O) groups excluding carboxylic acids is 2. The van der Waals surface area contributed by atoms with E-state index in [9.17, 15) is 9.59 Å². The van der Waals surface area contributed by atoms with Gasteiger partial charge in [0.15, 0.2) is 5.58 Å². The maximum atomic E-state index is 12.0. The van der Waals surface area contributed by atoms with Crippen LogP contribution in [0, 0.1) is 0 Å². The van der Waals surface area contributed by atoms with E-state index in [4.69, 9.17) is 4.52 Å². The van der Waals surface area contributed by atoms with Crippen LogP contribution in [-0.2, 0) is 9.59 Å². The number of amides is 2. The molecule has 2 aliphatic heterocycles. The molecule has 1 aromatic carbocycles. The molecule has 7 nitrogen and oxygen atoms in total. The number of imide groups is 1. The zero-order valence-electron chi connectivity index (χ0n) is 13.5. The first-order chi connectivity index (χ1) is 11.7. The summed E-state index contributed by atoms with van der Waals surface area (Å²) in [5, 5.41) is 10.7. The zero-order chi connectivity index (χ0) is 16.7. The molecule has 2 fully saturated rings. The Morgan fingerprint density at radius 1 is 1.38 bits per heavy atom. The highest BCUT2D eigenvalue weighted by Crippen LogP contribution is 2.33. The lowest BCUT2D eigenvalue weighted by Gasteiger charge is -2.41. The fourth-order valence-electron chi connectivity index (χ4n) is 3.46. The summed E-state index contributed by atoms with van der Waals surface area (Å²) >= 11 is 0. The van der Waals surface area contributed by atoms with E-state index < -0.39 is 5.92 Å². The predicted octanol–water partition coefficient (Wildman–Crippen LogP) is 1.15. The highest BCUT2D eigenvalue weighted by molar-refractivity contribution is 6.02. The Kier molecular flexibility index (Phi) is 3.72. The third-order valence-corrected chi connectivity index (χ3v) is 4.79. The SMILES string of the molecule is CCNC1CN(c2ccc3c(C4CCC(=O)NC4=O)noc3c2)C1. The average Bonchev–Trinajstić information content (AvgIpc) is 2.93. The number of likely N-dealkylation sites (N-methyl/N-ethyl adjacent to an activating group) is 1. The number of hydrogen-bond donors (Lipinski definition) is 2. The van der Waals surface area contributed by atoms with E-state index in [0.717, 1.165) is 30.7 Å². The van der Waals surface area contributed by atoms with Gasteiger partial charge in [-0.15, -0.1) is 0 Å². The van der Waals surface area contributed by atoms with E-state index in [-0.39, 0.29) is 11.8 Å². The van der Waals surface area contributed by atoms with Crippen molar-refractivity contribution in [1.29, 1.82) is 0 Å². The van der Waals surface area contributed by atoms with E-state index in [1.54, 1.807) is 0 Å². The number of carbonyl (C=O) groups is 2. The minimum absolute atomic E-state index is 0.223. The Morgan fingerprint density at radius 3 is 2.96 bits per heavy atom. The van der Waals surface area contributed by atoms with Crippen molar-refractivity contribution in [2.45, 2.75) is 31.7 Å². The third kappa shape index (κ3) is 2.54. The Bertz CT molecular complexity index is 794. The highest BCUT2D eigenvalue weighted by Gasteiger charge is 2.32. The van der Waals surface area contributed by atoms with Gasteiger partial charge in [-0.2, -0.15) is 0 Å². The van der Waals surface area contributed by atoms with Gasteiger partial charge in [-0.25, -0.2) is 0 Å². The molecule has 3 heterocycles. The van der Waals surface area contributed by atoms with Crippen molar-refractivity contribution in [3.05, 3.63) is 23.9 Å². The number of piperidine rings is 1. The molecule has 2 amide bonds. The lowest BCUT2D eigenvalue weighted by molar-refractivity contribution is -0.134. The summed E-state index contributed by atoms with van der Waals surface area (Å²) < 4.78 is 5.45. The normalized spacial score (nSPS) is 21.9. The molecule has 2 saturated heterocycles. The fraction of sp³-hybridized carbons (Fsp3) is 0.471. The van der Waals surface area contributed by atoms with E-state index in [0.29, 0.717) is 30.2 Å². The zero-order valence-corrected chi connectivity index (χ0v) is 13.5. The molecule has 4 rings (SSSR count). The van der Waals surface area contributed by atoms with Crippen molar-refractivity contribution < 1.29 is 14.1 Å². The van der Waals surface area contributed by atoms with Crippen LogP contribution in [0.5, 0.6) is 0 Å². The summed E-state index contributed by atoms with van der Waals surface area (Å²) in [6.45, 7) is 5.05. The highest BCUT2D eigenvalue weighted by atomic mass is 16.5. The summed E-state index contributed by atoms with van der Waals surface area (Å²) in [5.41, 5.74) is 2.40. The quantitative estimate of drug-likeness (QED) is 0.819. The number of aromatic nitrogens is 1. The molecule has 7 heteroatoms. The van der Waals surface area contributed by atoms with Crippen molar-refractivity contribution in [3.8, 4) is 0 Å². The maximum Gasteiger partial charge on any atom is 0.235 e. The first-order valence-electron chi connectivity index (χ1n) is 8.37. The first kappa shape index (κ1) is 15.1. The topological polar surface area (TPSA) is 87.5 Å². The minimum atomic E-state index is -0.419. The van der Waals surface area contributed by atoms with Crippen molar-refractivity contribution in [1.82, 2.24) is 15.8 Å². The van der Waals surface area contributed by atoms with Gasteiger partial charge in [-0.1, -0.05) is 12.1 Å². The molecule has 2 N–H and O–H groups in total. The monoisotopic (exact) mass is 328 g/mol. The van der Waals surface area contributed by atoms with Crippen molar-refractivity contribution in [2.24, 2.45) is 0 Å². The summed E-state index contributed by atoms with van der Waals surface area (Å²) in [4.78, 5) is 25.6. The van der Waals surface area contributed by atoms with Crippen LogP contribution in [0.1, 0.15) is 31.4 Å². The van der Waals surface area contributed by atoms with Crippen LogP contribution in [0.15, 0.2) is 22.7 Å². The second kappa shape index (κ2) is 5.90. The summed E-state index contributed by atoms with van der Waals surface area (Å²) in [5.74, 6) is -0.932. The number of nitrogens with zero attached hydrogens (tertiary/aromatic N) is 2. The third-order valence-electron chi connectivity index (χ3n) is 4.79. The Morgan fingerprint density at radius 2 is 2.21 bits per heavy atom. The molecule has 24 heavy (non-hydrogen) atoms. The molecule has 126 valence electrons. The summed E-state index contributed by atoms with van der Waals surface area (Å²) in [6.07, 6.45) is 0.812. The molecule has 0 saturated carbocycles. The van der Waals surface area contributed by atoms with Crippen LogP contribution in [0.3, 0.4) is 0 Å². The average molecular weight is 328 g/mol. The predicted molar refractivity (Wildman–Crippen MR) is 88.8 cm³/mol. The van der Waals surface area contributed by atoms with Gasteiger partial charge in [0.1, 0.15) is 5.69 Å². The smallest absolute Gasteiger partial charge is 0.235 e. The van der Waals surface area contributed by atoms with E-state index in [1.807, 2.05) is 18.2 Å². The van der Waals surface area contributed by atoms with Crippen molar-refractivity contribution in [3.63, 3.8) is 0 Å². The first-order valence-corrected chi connectivity index (χ1v) is 8.37. The molecule has 0 spiro atoms. The number of hydrogen-bond acceptors (Lipinski definition) is 6. The number of benzene rings is 1. The second-order valence-corrected chi connectivity index (χ2v) is 6.41.